The van der Waals surface area contributed by atoms with E-state index in [0.717, 1.165) is 5.56 Å². The number of epoxide rings is 1. The number of hydrogen-bond donors (Lipinski definition) is 0. The summed E-state index contributed by atoms with van der Waals surface area (Å²) in [7, 11) is -1.80. The van der Waals surface area contributed by atoms with Crippen molar-refractivity contribution in [3.63, 3.8) is 0 Å². The fraction of sp³-hybridized carbons (Fsp3) is 0.667. The van der Waals surface area contributed by atoms with Gasteiger partial charge in [-0.25, -0.2) is 0 Å². The standard InChI is InChI=1S/C18H28O4Si/c1-18(2,3)23(4,5)22-14-12-20-17(16-15(14)21-16)19-11-13-9-7-6-8-10-13/h6-10,14-17H,11-12H2,1-5H3/t14-,15+,16+,17+/m1/s1. The number of ether oxygens (including phenoxy) is 3. The molecule has 23 heavy (non-hydrogen) atoms. The Kier molecular flexibility index (Phi) is 4.68. The number of hydrogen-bond acceptors (Lipinski definition) is 4. The van der Waals surface area contributed by atoms with Gasteiger partial charge < -0.3 is 18.6 Å². The Morgan fingerprint density at radius 3 is 2.48 bits per heavy atom. The zero-order chi connectivity index (χ0) is 16.7. The number of rotatable bonds is 5. The second-order valence-corrected chi connectivity index (χ2v) is 12.7. The van der Waals surface area contributed by atoms with Crippen molar-refractivity contribution in [3.8, 4) is 0 Å². The van der Waals surface area contributed by atoms with Gasteiger partial charge in [0.2, 0.25) is 0 Å². The van der Waals surface area contributed by atoms with Crippen molar-refractivity contribution >= 4 is 8.32 Å². The van der Waals surface area contributed by atoms with E-state index in [1.54, 1.807) is 0 Å². The number of fused-ring (bicyclic) bond motifs is 1. The van der Waals surface area contributed by atoms with Gasteiger partial charge in [-0.3, -0.25) is 0 Å². The molecule has 0 saturated carbocycles. The van der Waals surface area contributed by atoms with E-state index < -0.39 is 8.32 Å². The van der Waals surface area contributed by atoms with Gasteiger partial charge in [0.25, 0.3) is 0 Å². The fourth-order valence-electron chi connectivity index (χ4n) is 2.59. The maximum absolute atomic E-state index is 6.44. The minimum atomic E-state index is -1.80. The Balaban J connectivity index is 1.51. The van der Waals surface area contributed by atoms with Crippen LogP contribution in [0.5, 0.6) is 0 Å². The van der Waals surface area contributed by atoms with Gasteiger partial charge in [0.05, 0.1) is 19.3 Å². The minimum Gasteiger partial charge on any atom is -0.409 e. The van der Waals surface area contributed by atoms with E-state index in [9.17, 15) is 0 Å². The molecule has 0 amide bonds. The summed E-state index contributed by atoms with van der Waals surface area (Å²) in [5, 5.41) is 0.193. The molecule has 4 nitrogen and oxygen atoms in total. The van der Waals surface area contributed by atoms with E-state index >= 15 is 0 Å². The Hall–Kier alpha value is -0.723. The summed E-state index contributed by atoms with van der Waals surface area (Å²) >= 11 is 0. The molecule has 128 valence electrons. The first-order chi connectivity index (χ1) is 10.8. The van der Waals surface area contributed by atoms with Crippen molar-refractivity contribution in [1.29, 1.82) is 0 Å². The molecule has 0 radical (unpaired) electrons. The fourth-order valence-corrected chi connectivity index (χ4v) is 3.90. The third-order valence-electron chi connectivity index (χ3n) is 5.13. The molecule has 2 aliphatic rings. The Labute approximate surface area is 140 Å². The molecule has 0 unspecified atom stereocenters. The van der Waals surface area contributed by atoms with E-state index in [-0.39, 0.29) is 29.6 Å². The van der Waals surface area contributed by atoms with E-state index in [2.05, 4.69) is 46.0 Å². The van der Waals surface area contributed by atoms with Gasteiger partial charge in [-0.05, 0) is 23.7 Å². The third kappa shape index (κ3) is 3.86. The van der Waals surface area contributed by atoms with Gasteiger partial charge in [0, 0.05) is 0 Å². The molecule has 2 heterocycles. The van der Waals surface area contributed by atoms with E-state index in [1.807, 2.05) is 18.2 Å². The summed E-state index contributed by atoms with van der Waals surface area (Å²) in [5.41, 5.74) is 1.15. The van der Waals surface area contributed by atoms with Crippen LogP contribution in [0.3, 0.4) is 0 Å². The Morgan fingerprint density at radius 1 is 1.13 bits per heavy atom. The predicted molar refractivity (Wildman–Crippen MR) is 91.7 cm³/mol. The molecular weight excluding hydrogens is 308 g/mol. The summed E-state index contributed by atoms with van der Waals surface area (Å²) in [6.07, 6.45) is -0.0992. The van der Waals surface area contributed by atoms with Crippen molar-refractivity contribution in [1.82, 2.24) is 0 Å². The lowest BCUT2D eigenvalue weighted by molar-refractivity contribution is -0.180. The van der Waals surface area contributed by atoms with Crippen molar-refractivity contribution < 1.29 is 18.6 Å². The first-order valence-corrected chi connectivity index (χ1v) is 11.3. The van der Waals surface area contributed by atoms with Crippen LogP contribution in [-0.4, -0.2) is 39.5 Å². The second kappa shape index (κ2) is 6.30. The molecule has 1 aromatic rings. The summed E-state index contributed by atoms with van der Waals surface area (Å²) in [4.78, 5) is 0. The van der Waals surface area contributed by atoms with Crippen LogP contribution in [0, 0.1) is 0 Å². The molecule has 0 spiro atoms. The third-order valence-corrected chi connectivity index (χ3v) is 9.63. The quantitative estimate of drug-likeness (QED) is 0.607. The highest BCUT2D eigenvalue weighted by Crippen LogP contribution is 2.42. The van der Waals surface area contributed by atoms with E-state index in [1.165, 1.54) is 0 Å². The van der Waals surface area contributed by atoms with Crippen LogP contribution >= 0.6 is 0 Å². The van der Waals surface area contributed by atoms with Gasteiger partial charge in [0.15, 0.2) is 14.6 Å². The minimum absolute atomic E-state index is 0.0160. The molecule has 4 atom stereocenters. The first kappa shape index (κ1) is 17.1. The van der Waals surface area contributed by atoms with Crippen LogP contribution in [0.2, 0.25) is 18.1 Å². The molecule has 0 aromatic heterocycles. The lowest BCUT2D eigenvalue weighted by atomic mass is 10.1. The first-order valence-electron chi connectivity index (χ1n) is 8.38. The van der Waals surface area contributed by atoms with Crippen LogP contribution < -0.4 is 0 Å². The highest BCUT2D eigenvalue weighted by Gasteiger charge is 2.57. The second-order valence-electron chi connectivity index (χ2n) is 7.98. The zero-order valence-electron chi connectivity index (χ0n) is 14.7. The molecule has 2 fully saturated rings. The molecule has 0 N–H and O–H groups in total. The van der Waals surface area contributed by atoms with Crippen LogP contribution in [0.15, 0.2) is 30.3 Å². The molecular formula is C18H28O4Si. The van der Waals surface area contributed by atoms with Gasteiger partial charge >= 0.3 is 0 Å². The monoisotopic (exact) mass is 336 g/mol. The van der Waals surface area contributed by atoms with Gasteiger partial charge in [-0.2, -0.15) is 0 Å². The summed E-state index contributed by atoms with van der Waals surface area (Å²) in [5.74, 6) is 0. The summed E-state index contributed by atoms with van der Waals surface area (Å²) in [6, 6.07) is 10.1. The molecule has 3 rings (SSSR count). The van der Waals surface area contributed by atoms with Gasteiger partial charge in [-0.1, -0.05) is 51.1 Å². The van der Waals surface area contributed by atoms with Crippen molar-refractivity contribution in [2.45, 2.75) is 70.1 Å². The van der Waals surface area contributed by atoms with Crippen molar-refractivity contribution in [2.24, 2.45) is 0 Å². The maximum Gasteiger partial charge on any atom is 0.192 e. The van der Waals surface area contributed by atoms with Crippen molar-refractivity contribution in [3.05, 3.63) is 35.9 Å². The van der Waals surface area contributed by atoms with Crippen LogP contribution in [-0.2, 0) is 25.2 Å². The lowest BCUT2D eigenvalue weighted by Crippen LogP contribution is -2.49. The molecule has 2 saturated heterocycles. The molecule has 0 bridgehead atoms. The molecule has 0 aliphatic carbocycles. The molecule has 5 heteroatoms. The Morgan fingerprint density at radius 2 is 1.83 bits per heavy atom. The summed E-state index contributed by atoms with van der Waals surface area (Å²) < 4.78 is 24.0. The average molecular weight is 337 g/mol. The van der Waals surface area contributed by atoms with E-state index in [0.29, 0.717) is 13.2 Å². The zero-order valence-corrected chi connectivity index (χ0v) is 15.7. The topological polar surface area (TPSA) is 40.2 Å². The van der Waals surface area contributed by atoms with E-state index in [4.69, 9.17) is 18.6 Å². The summed E-state index contributed by atoms with van der Waals surface area (Å²) in [6.45, 7) is 12.4. The maximum atomic E-state index is 6.44. The molecule has 1 aromatic carbocycles. The predicted octanol–water partition coefficient (Wildman–Crippen LogP) is 3.72. The van der Waals surface area contributed by atoms with Crippen LogP contribution in [0.25, 0.3) is 0 Å². The number of benzene rings is 1. The highest BCUT2D eigenvalue weighted by molar-refractivity contribution is 6.74. The Bertz CT molecular complexity index is 526. The van der Waals surface area contributed by atoms with Crippen LogP contribution in [0.4, 0.5) is 0 Å². The smallest absolute Gasteiger partial charge is 0.192 e. The van der Waals surface area contributed by atoms with Crippen molar-refractivity contribution in [2.75, 3.05) is 6.61 Å². The normalized spacial score (nSPS) is 30.8. The van der Waals surface area contributed by atoms with Crippen LogP contribution in [0.1, 0.15) is 26.3 Å². The van der Waals surface area contributed by atoms with Gasteiger partial charge in [-0.15, -0.1) is 0 Å². The lowest BCUT2D eigenvalue weighted by Gasteiger charge is -2.40. The highest BCUT2D eigenvalue weighted by atomic mass is 28.4. The largest absolute Gasteiger partial charge is 0.409 e. The average Bonchev–Trinajstić information content (AvgIpc) is 3.27. The SMILES string of the molecule is CC(C)(C)[Si](C)(C)O[C@@H]1CO[C@H](OCc2ccccc2)[C@H]2O[C@H]21. The van der Waals surface area contributed by atoms with Gasteiger partial charge in [0.1, 0.15) is 12.2 Å². The molecule has 2 aliphatic heterocycles.